The number of hydrogen-bond acceptors (Lipinski definition) is 4. The van der Waals surface area contributed by atoms with E-state index in [-0.39, 0.29) is 5.56 Å². The maximum Gasteiger partial charge on any atom is 0.259 e. The molecule has 4 nitrogen and oxygen atoms in total. The maximum atomic E-state index is 12.4. The van der Waals surface area contributed by atoms with Gasteiger partial charge in [-0.05, 0) is 38.8 Å². The van der Waals surface area contributed by atoms with Crippen molar-refractivity contribution in [2.75, 3.05) is 6.54 Å². The number of hydrogen-bond donors (Lipinski definition) is 0. The summed E-state index contributed by atoms with van der Waals surface area (Å²) in [5.74, 6) is 0. The van der Waals surface area contributed by atoms with Crippen LogP contribution in [0, 0.1) is 13.8 Å². The maximum absolute atomic E-state index is 12.4. The Balaban J connectivity index is 1.63. The Labute approximate surface area is 145 Å². The molecular weight excluding hydrogens is 318 g/mol. The molecule has 1 saturated heterocycles. The molecule has 4 rings (SSSR count). The third-order valence-electron chi connectivity index (χ3n) is 4.78. The van der Waals surface area contributed by atoms with Crippen LogP contribution < -0.4 is 5.56 Å². The van der Waals surface area contributed by atoms with Crippen molar-refractivity contribution in [3.8, 4) is 0 Å². The van der Waals surface area contributed by atoms with Gasteiger partial charge < -0.3 is 0 Å². The first-order chi connectivity index (χ1) is 11.6. The molecule has 1 aliphatic rings. The monoisotopic (exact) mass is 339 g/mol. The molecule has 1 atom stereocenters. The van der Waals surface area contributed by atoms with Crippen molar-refractivity contribution in [3.63, 3.8) is 0 Å². The number of thiazole rings is 1. The fourth-order valence-corrected chi connectivity index (χ4v) is 4.55. The van der Waals surface area contributed by atoms with Gasteiger partial charge in [-0.2, -0.15) is 0 Å². The summed E-state index contributed by atoms with van der Waals surface area (Å²) in [6.45, 7) is 5.88. The van der Waals surface area contributed by atoms with Crippen LogP contribution in [0.3, 0.4) is 0 Å². The first-order valence-corrected chi connectivity index (χ1v) is 9.27. The number of nitrogens with zero attached hydrogens (tertiary/aromatic N) is 3. The van der Waals surface area contributed by atoms with E-state index in [1.54, 1.807) is 10.5 Å². The highest BCUT2D eigenvalue weighted by molar-refractivity contribution is 7.15. The largest absolute Gasteiger partial charge is 0.291 e. The number of fused-ring (bicyclic) bond motifs is 1. The molecule has 0 radical (unpaired) electrons. The lowest BCUT2D eigenvalue weighted by molar-refractivity contribution is 0.245. The number of rotatable bonds is 3. The lowest BCUT2D eigenvalue weighted by Crippen LogP contribution is -2.25. The molecule has 0 spiro atoms. The second-order valence-corrected chi connectivity index (χ2v) is 7.46. The summed E-state index contributed by atoms with van der Waals surface area (Å²) in [5.41, 5.74) is 4.53. The van der Waals surface area contributed by atoms with Crippen LogP contribution in [0.25, 0.3) is 4.96 Å². The van der Waals surface area contributed by atoms with Gasteiger partial charge in [0, 0.05) is 29.7 Å². The lowest BCUT2D eigenvalue weighted by Gasteiger charge is -2.24. The van der Waals surface area contributed by atoms with Crippen molar-refractivity contribution in [1.82, 2.24) is 14.3 Å². The van der Waals surface area contributed by atoms with Crippen molar-refractivity contribution < 1.29 is 0 Å². The highest BCUT2D eigenvalue weighted by atomic mass is 32.1. The predicted molar refractivity (Wildman–Crippen MR) is 97.6 cm³/mol. The Bertz CT molecular complexity index is 943. The standard InChI is InChI=1S/C19H21N3OS/c1-13-5-3-6-15(9-13)17-7-4-8-21(17)11-16-10-18(23)22-14(2)12-24-19(22)20-16/h3,5-6,9-10,12,17H,4,7-8,11H2,1-2H3. The van der Waals surface area contributed by atoms with E-state index in [0.717, 1.165) is 29.4 Å². The predicted octanol–water partition coefficient (Wildman–Crippen LogP) is 3.71. The number of likely N-dealkylation sites (tertiary alicyclic amines) is 1. The molecule has 24 heavy (non-hydrogen) atoms. The fraction of sp³-hybridized carbons (Fsp3) is 0.368. The summed E-state index contributed by atoms with van der Waals surface area (Å²) < 4.78 is 1.69. The summed E-state index contributed by atoms with van der Waals surface area (Å²) in [7, 11) is 0. The summed E-state index contributed by atoms with van der Waals surface area (Å²) in [5, 5.41) is 1.99. The Morgan fingerprint density at radius 1 is 1.29 bits per heavy atom. The molecule has 0 N–H and O–H groups in total. The first kappa shape index (κ1) is 15.5. The van der Waals surface area contributed by atoms with Crippen LogP contribution in [0.2, 0.25) is 0 Å². The zero-order valence-electron chi connectivity index (χ0n) is 14.0. The SMILES string of the molecule is Cc1cccc(C2CCCN2Cc2cc(=O)n3c(C)csc3n2)c1. The third kappa shape index (κ3) is 2.78. The van der Waals surface area contributed by atoms with E-state index in [9.17, 15) is 4.79 Å². The van der Waals surface area contributed by atoms with Gasteiger partial charge in [0.15, 0.2) is 4.96 Å². The van der Waals surface area contributed by atoms with Crippen molar-refractivity contribution in [2.24, 2.45) is 0 Å². The molecule has 1 aliphatic heterocycles. The van der Waals surface area contributed by atoms with Gasteiger partial charge in [-0.3, -0.25) is 14.1 Å². The summed E-state index contributed by atoms with van der Waals surface area (Å²) >= 11 is 1.53. The second-order valence-electron chi connectivity index (χ2n) is 6.62. The minimum Gasteiger partial charge on any atom is -0.291 e. The molecule has 1 unspecified atom stereocenters. The molecule has 0 saturated carbocycles. The average molecular weight is 339 g/mol. The van der Waals surface area contributed by atoms with Crippen LogP contribution >= 0.6 is 11.3 Å². The normalized spacial score (nSPS) is 18.5. The summed E-state index contributed by atoms with van der Waals surface area (Å²) in [6.07, 6.45) is 2.36. The zero-order valence-corrected chi connectivity index (χ0v) is 14.8. The fourth-order valence-electron chi connectivity index (χ4n) is 3.66. The van der Waals surface area contributed by atoms with Gasteiger partial charge in [-0.25, -0.2) is 4.98 Å². The molecule has 0 bridgehead atoms. The van der Waals surface area contributed by atoms with Crippen LogP contribution in [0.4, 0.5) is 0 Å². The summed E-state index contributed by atoms with van der Waals surface area (Å²) in [4.78, 5) is 20.3. The Hall–Kier alpha value is -1.98. The minimum atomic E-state index is 0.0278. The van der Waals surface area contributed by atoms with E-state index in [2.05, 4.69) is 36.1 Å². The van der Waals surface area contributed by atoms with E-state index < -0.39 is 0 Å². The van der Waals surface area contributed by atoms with E-state index >= 15 is 0 Å². The van der Waals surface area contributed by atoms with Crippen molar-refractivity contribution in [3.05, 3.63) is 68.6 Å². The van der Waals surface area contributed by atoms with E-state index in [1.165, 1.54) is 35.3 Å². The molecule has 3 aromatic rings. The van der Waals surface area contributed by atoms with Gasteiger partial charge in [0.25, 0.3) is 5.56 Å². The topological polar surface area (TPSA) is 37.6 Å². The second kappa shape index (κ2) is 6.15. The molecule has 1 fully saturated rings. The lowest BCUT2D eigenvalue weighted by atomic mass is 10.0. The van der Waals surface area contributed by atoms with Gasteiger partial charge in [-0.1, -0.05) is 29.8 Å². The smallest absolute Gasteiger partial charge is 0.259 e. The van der Waals surface area contributed by atoms with Crippen LogP contribution in [0.15, 0.2) is 40.5 Å². The molecule has 0 amide bonds. The van der Waals surface area contributed by atoms with Crippen molar-refractivity contribution in [1.29, 1.82) is 0 Å². The highest BCUT2D eigenvalue weighted by Gasteiger charge is 2.26. The van der Waals surface area contributed by atoms with Crippen molar-refractivity contribution in [2.45, 2.75) is 39.3 Å². The number of aromatic nitrogens is 2. The molecule has 2 aromatic heterocycles. The summed E-state index contributed by atoms with van der Waals surface area (Å²) in [6, 6.07) is 10.9. The van der Waals surface area contributed by atoms with Crippen LogP contribution in [0.1, 0.15) is 41.4 Å². The highest BCUT2D eigenvalue weighted by Crippen LogP contribution is 2.33. The molecule has 124 valence electrons. The molecule has 1 aromatic carbocycles. The van der Waals surface area contributed by atoms with Crippen molar-refractivity contribution >= 4 is 16.3 Å². The third-order valence-corrected chi connectivity index (χ3v) is 5.73. The van der Waals surface area contributed by atoms with E-state index in [4.69, 9.17) is 4.98 Å². The Kier molecular flexibility index (Phi) is 3.98. The molecule has 5 heteroatoms. The Morgan fingerprint density at radius 2 is 2.17 bits per heavy atom. The Morgan fingerprint density at radius 3 is 3.00 bits per heavy atom. The number of benzene rings is 1. The van der Waals surface area contributed by atoms with Crippen LogP contribution in [-0.4, -0.2) is 20.8 Å². The molecular formula is C19H21N3OS. The average Bonchev–Trinajstić information content (AvgIpc) is 3.15. The molecule has 0 aliphatic carbocycles. The van der Waals surface area contributed by atoms with Gasteiger partial charge in [0.2, 0.25) is 0 Å². The van der Waals surface area contributed by atoms with Gasteiger partial charge in [-0.15, -0.1) is 11.3 Å². The quantitative estimate of drug-likeness (QED) is 0.730. The molecule has 3 heterocycles. The van der Waals surface area contributed by atoms with E-state index in [0.29, 0.717) is 6.04 Å². The van der Waals surface area contributed by atoms with Crippen LogP contribution in [0.5, 0.6) is 0 Å². The number of aryl methyl sites for hydroxylation is 2. The van der Waals surface area contributed by atoms with Gasteiger partial charge >= 0.3 is 0 Å². The first-order valence-electron chi connectivity index (χ1n) is 8.39. The zero-order chi connectivity index (χ0) is 16.7. The van der Waals surface area contributed by atoms with Crippen LogP contribution in [-0.2, 0) is 6.54 Å². The van der Waals surface area contributed by atoms with Gasteiger partial charge in [0.1, 0.15) is 0 Å². The van der Waals surface area contributed by atoms with E-state index in [1.807, 2.05) is 12.3 Å². The van der Waals surface area contributed by atoms with Gasteiger partial charge in [0.05, 0.1) is 5.69 Å². The minimum absolute atomic E-state index is 0.0278.